The first-order valence-corrected chi connectivity index (χ1v) is 3.64. The first kappa shape index (κ1) is 8.27. The van der Waals surface area contributed by atoms with Gasteiger partial charge < -0.3 is 4.42 Å². The molecule has 0 fully saturated rings. The first-order valence-electron chi connectivity index (χ1n) is 3.26. The van der Waals surface area contributed by atoms with E-state index in [1.54, 1.807) is 0 Å². The molecule has 0 aromatic carbocycles. The molecule has 1 rings (SSSR count). The zero-order valence-electron chi connectivity index (χ0n) is 6.30. The van der Waals surface area contributed by atoms with E-state index in [9.17, 15) is 4.79 Å². The predicted octanol–water partition coefficient (Wildman–Crippen LogP) is 2.26. The lowest BCUT2D eigenvalue weighted by molar-refractivity contribution is 0.111. The number of oxazole rings is 1. The van der Waals surface area contributed by atoms with Gasteiger partial charge in [0.2, 0.25) is 5.22 Å². The minimum Gasteiger partial charge on any atom is -0.428 e. The molecule has 1 aromatic heterocycles. The lowest BCUT2D eigenvalue weighted by Crippen LogP contribution is -1.87. The van der Waals surface area contributed by atoms with Crippen LogP contribution in [-0.2, 0) is 0 Å². The summed E-state index contributed by atoms with van der Waals surface area (Å²) in [5.41, 5.74) is 0.176. The molecule has 0 spiro atoms. The van der Waals surface area contributed by atoms with Crippen molar-refractivity contribution >= 4 is 17.9 Å². The highest BCUT2D eigenvalue weighted by Gasteiger charge is 2.12. The Morgan fingerprint density at radius 2 is 2.27 bits per heavy atom. The normalized spacial score (nSPS) is 10.5. The van der Waals surface area contributed by atoms with Crippen LogP contribution in [0.3, 0.4) is 0 Å². The third kappa shape index (κ3) is 1.60. The van der Waals surface area contributed by atoms with Crippen LogP contribution in [-0.4, -0.2) is 11.3 Å². The van der Waals surface area contributed by atoms with Gasteiger partial charge in [0.05, 0.1) is 0 Å². The monoisotopic (exact) mass is 173 g/mol. The van der Waals surface area contributed by atoms with Gasteiger partial charge in [-0.3, -0.25) is 4.79 Å². The van der Waals surface area contributed by atoms with Crippen LogP contribution in [0.25, 0.3) is 0 Å². The van der Waals surface area contributed by atoms with Crippen molar-refractivity contribution in [2.75, 3.05) is 0 Å². The minimum atomic E-state index is 0.0729. The van der Waals surface area contributed by atoms with Gasteiger partial charge >= 0.3 is 0 Å². The lowest BCUT2D eigenvalue weighted by atomic mass is 10.2. The minimum absolute atomic E-state index is 0.0729. The Labute approximate surface area is 69.4 Å². The topological polar surface area (TPSA) is 43.1 Å². The van der Waals surface area contributed by atoms with Crippen LogP contribution in [0.4, 0.5) is 0 Å². The second-order valence-electron chi connectivity index (χ2n) is 2.48. The van der Waals surface area contributed by atoms with E-state index < -0.39 is 0 Å². The number of hydrogen-bond donors (Lipinski definition) is 0. The van der Waals surface area contributed by atoms with Crippen LogP contribution in [0, 0.1) is 0 Å². The number of halogens is 1. The highest BCUT2D eigenvalue weighted by Crippen LogP contribution is 2.20. The SMILES string of the molecule is CC(C)c1nc(C=O)c(Cl)o1. The molecular weight excluding hydrogens is 166 g/mol. The number of nitrogens with zero attached hydrogens (tertiary/aromatic N) is 1. The fourth-order valence-electron chi connectivity index (χ4n) is 0.649. The van der Waals surface area contributed by atoms with Gasteiger partial charge in [-0.15, -0.1) is 0 Å². The molecule has 0 aliphatic heterocycles. The Balaban J connectivity index is 3.04. The van der Waals surface area contributed by atoms with Crippen LogP contribution in [0.5, 0.6) is 0 Å². The molecule has 0 saturated carbocycles. The van der Waals surface area contributed by atoms with E-state index in [1.807, 2.05) is 13.8 Å². The molecule has 0 saturated heterocycles. The molecule has 4 heteroatoms. The molecule has 1 heterocycles. The molecule has 3 nitrogen and oxygen atoms in total. The van der Waals surface area contributed by atoms with E-state index in [2.05, 4.69) is 4.98 Å². The summed E-state index contributed by atoms with van der Waals surface area (Å²) in [6, 6.07) is 0. The summed E-state index contributed by atoms with van der Waals surface area (Å²) >= 11 is 5.53. The summed E-state index contributed by atoms with van der Waals surface area (Å²) in [5.74, 6) is 0.651. The van der Waals surface area contributed by atoms with Gasteiger partial charge in [0.25, 0.3) is 0 Å². The van der Waals surface area contributed by atoms with Crippen molar-refractivity contribution in [2.45, 2.75) is 19.8 Å². The zero-order valence-corrected chi connectivity index (χ0v) is 7.05. The third-order valence-corrected chi connectivity index (χ3v) is 1.50. The summed E-state index contributed by atoms with van der Waals surface area (Å²) in [4.78, 5) is 14.1. The number of rotatable bonds is 2. The molecule has 0 bridgehead atoms. The van der Waals surface area contributed by atoms with Crippen molar-refractivity contribution < 1.29 is 9.21 Å². The van der Waals surface area contributed by atoms with Crippen molar-refractivity contribution in [1.82, 2.24) is 4.98 Å². The smallest absolute Gasteiger partial charge is 0.224 e. The predicted molar refractivity (Wildman–Crippen MR) is 41.0 cm³/mol. The molecule has 0 unspecified atom stereocenters. The largest absolute Gasteiger partial charge is 0.428 e. The molecule has 0 amide bonds. The van der Waals surface area contributed by atoms with Gasteiger partial charge in [-0.2, -0.15) is 0 Å². The fourth-order valence-corrected chi connectivity index (χ4v) is 0.815. The molecule has 0 aliphatic rings. The number of aromatic nitrogens is 1. The van der Waals surface area contributed by atoms with E-state index >= 15 is 0 Å². The summed E-state index contributed by atoms with van der Waals surface area (Å²) in [6.45, 7) is 3.83. The fraction of sp³-hybridized carbons (Fsp3) is 0.429. The van der Waals surface area contributed by atoms with E-state index in [-0.39, 0.29) is 16.8 Å². The van der Waals surface area contributed by atoms with Crippen molar-refractivity contribution in [3.8, 4) is 0 Å². The molecular formula is C7H8ClNO2. The van der Waals surface area contributed by atoms with Crippen molar-refractivity contribution in [3.05, 3.63) is 16.8 Å². The van der Waals surface area contributed by atoms with Crippen LogP contribution in [0.2, 0.25) is 5.22 Å². The van der Waals surface area contributed by atoms with Crippen molar-refractivity contribution in [3.63, 3.8) is 0 Å². The maximum Gasteiger partial charge on any atom is 0.224 e. The molecule has 0 N–H and O–H groups in total. The number of aldehydes is 1. The summed E-state index contributed by atoms with van der Waals surface area (Å²) < 4.78 is 4.99. The van der Waals surface area contributed by atoms with Gasteiger partial charge in [-0.25, -0.2) is 4.98 Å². The summed E-state index contributed by atoms with van der Waals surface area (Å²) in [6.07, 6.45) is 0.581. The Bertz CT molecular complexity index is 267. The summed E-state index contributed by atoms with van der Waals surface area (Å²) in [7, 11) is 0. The highest BCUT2D eigenvalue weighted by molar-refractivity contribution is 6.30. The van der Waals surface area contributed by atoms with Gasteiger partial charge in [0.15, 0.2) is 17.9 Å². The third-order valence-electron chi connectivity index (χ3n) is 1.23. The van der Waals surface area contributed by atoms with Crippen LogP contribution >= 0.6 is 11.6 Å². The summed E-state index contributed by atoms with van der Waals surface area (Å²) in [5, 5.41) is 0.0729. The second kappa shape index (κ2) is 3.05. The van der Waals surface area contributed by atoms with E-state index in [0.717, 1.165) is 0 Å². The first-order chi connectivity index (χ1) is 5.15. The number of carbonyl (C=O) groups is 1. The molecule has 0 radical (unpaired) electrons. The maximum atomic E-state index is 10.3. The van der Waals surface area contributed by atoms with Crippen LogP contribution in [0.15, 0.2) is 4.42 Å². The zero-order chi connectivity index (χ0) is 8.43. The Hall–Kier alpha value is -0.830. The van der Waals surface area contributed by atoms with Gasteiger partial charge in [0, 0.05) is 5.92 Å². The van der Waals surface area contributed by atoms with Crippen LogP contribution < -0.4 is 0 Å². The quantitative estimate of drug-likeness (QED) is 0.645. The maximum absolute atomic E-state index is 10.3. The van der Waals surface area contributed by atoms with Gasteiger partial charge in [-0.1, -0.05) is 13.8 Å². The Morgan fingerprint density at radius 1 is 1.64 bits per heavy atom. The number of carbonyl (C=O) groups excluding carboxylic acids is 1. The standard InChI is InChI=1S/C7H8ClNO2/c1-4(2)7-9-5(3-10)6(8)11-7/h3-4H,1-2H3. The van der Waals surface area contributed by atoms with Crippen molar-refractivity contribution in [1.29, 1.82) is 0 Å². The molecule has 60 valence electrons. The van der Waals surface area contributed by atoms with E-state index in [4.69, 9.17) is 16.0 Å². The number of hydrogen-bond acceptors (Lipinski definition) is 3. The van der Waals surface area contributed by atoms with Gasteiger partial charge in [0.1, 0.15) is 0 Å². The second-order valence-corrected chi connectivity index (χ2v) is 2.83. The molecule has 11 heavy (non-hydrogen) atoms. The van der Waals surface area contributed by atoms with Crippen molar-refractivity contribution in [2.24, 2.45) is 0 Å². The average molecular weight is 174 g/mol. The average Bonchev–Trinajstić information content (AvgIpc) is 2.31. The van der Waals surface area contributed by atoms with Crippen LogP contribution in [0.1, 0.15) is 36.1 Å². The van der Waals surface area contributed by atoms with Gasteiger partial charge in [-0.05, 0) is 11.6 Å². The molecule has 0 aliphatic carbocycles. The molecule has 0 atom stereocenters. The Morgan fingerprint density at radius 3 is 2.55 bits per heavy atom. The Kier molecular flexibility index (Phi) is 2.29. The molecule has 1 aromatic rings. The highest BCUT2D eigenvalue weighted by atomic mass is 35.5. The van der Waals surface area contributed by atoms with E-state index in [0.29, 0.717) is 12.2 Å². The lowest BCUT2D eigenvalue weighted by Gasteiger charge is -1.93. The van der Waals surface area contributed by atoms with E-state index in [1.165, 1.54) is 0 Å².